The van der Waals surface area contributed by atoms with Gasteiger partial charge in [-0.2, -0.15) is 0 Å². The van der Waals surface area contributed by atoms with Crippen molar-refractivity contribution in [2.75, 3.05) is 13.2 Å². The molecule has 0 aromatic heterocycles. The van der Waals surface area contributed by atoms with E-state index >= 15 is 0 Å². The molecule has 0 bridgehead atoms. The Bertz CT molecular complexity index is 797. The zero-order valence-electron chi connectivity index (χ0n) is 19.4. The van der Waals surface area contributed by atoms with Gasteiger partial charge in [-0.1, -0.05) is 37.3 Å². The van der Waals surface area contributed by atoms with Crippen LogP contribution in [0.5, 0.6) is 0 Å². The number of fused-ring (bicyclic) bond motifs is 1. The van der Waals surface area contributed by atoms with E-state index in [1.165, 1.54) is 11.1 Å². The maximum atomic E-state index is 11.9. The average molecular weight is 431 g/mol. The van der Waals surface area contributed by atoms with E-state index in [1.54, 1.807) is 0 Å². The highest BCUT2D eigenvalue weighted by Gasteiger charge is 2.44. The van der Waals surface area contributed by atoms with Crippen LogP contribution in [0.15, 0.2) is 47.1 Å². The molecule has 4 atom stereocenters. The van der Waals surface area contributed by atoms with Gasteiger partial charge >= 0.3 is 5.97 Å². The first kappa shape index (κ1) is 24.0. The van der Waals surface area contributed by atoms with Crippen molar-refractivity contribution in [3.8, 4) is 0 Å². The molecular formula is C26H38O5. The van der Waals surface area contributed by atoms with Crippen LogP contribution in [0.4, 0.5) is 0 Å². The van der Waals surface area contributed by atoms with E-state index in [0.29, 0.717) is 25.4 Å². The molecular weight excluding hydrogens is 392 g/mol. The molecule has 0 radical (unpaired) electrons. The summed E-state index contributed by atoms with van der Waals surface area (Å²) in [5.41, 5.74) is 3.88. The molecule has 0 aromatic rings. The van der Waals surface area contributed by atoms with Gasteiger partial charge in [0.05, 0.1) is 18.8 Å². The fraction of sp³-hybridized carbons (Fsp3) is 0.654. The molecule has 0 saturated heterocycles. The number of rotatable bonds is 5. The Kier molecular flexibility index (Phi) is 7.29. The van der Waals surface area contributed by atoms with E-state index in [0.717, 1.165) is 36.8 Å². The van der Waals surface area contributed by atoms with Crippen molar-refractivity contribution in [1.29, 1.82) is 0 Å². The summed E-state index contributed by atoms with van der Waals surface area (Å²) in [6.45, 7) is 12.3. The minimum atomic E-state index is -0.660. The molecule has 0 heterocycles. The van der Waals surface area contributed by atoms with Crippen molar-refractivity contribution in [2.24, 2.45) is 11.3 Å². The summed E-state index contributed by atoms with van der Waals surface area (Å²) < 4.78 is 11.0. The third-order valence-electron chi connectivity index (χ3n) is 6.87. The number of hydrogen-bond donors (Lipinski definition) is 2. The van der Waals surface area contributed by atoms with Crippen LogP contribution in [-0.2, 0) is 14.3 Å². The Labute approximate surface area is 186 Å². The highest BCUT2D eigenvalue weighted by Crippen LogP contribution is 2.54. The number of aliphatic hydroxyl groups is 2. The molecule has 2 N–H and O–H groups in total. The molecule has 0 spiro atoms. The second-order valence-corrected chi connectivity index (χ2v) is 10.4. The Balaban J connectivity index is 1.64. The van der Waals surface area contributed by atoms with Crippen LogP contribution in [0.2, 0.25) is 0 Å². The minimum Gasteiger partial charge on any atom is -0.458 e. The van der Waals surface area contributed by atoms with E-state index in [1.807, 2.05) is 26.8 Å². The van der Waals surface area contributed by atoms with Gasteiger partial charge in [-0.15, -0.1) is 0 Å². The van der Waals surface area contributed by atoms with Crippen molar-refractivity contribution in [1.82, 2.24) is 0 Å². The van der Waals surface area contributed by atoms with Gasteiger partial charge in [-0.25, -0.2) is 4.79 Å². The Morgan fingerprint density at radius 2 is 2.06 bits per heavy atom. The second-order valence-electron chi connectivity index (χ2n) is 10.4. The smallest absolute Gasteiger partial charge is 0.332 e. The van der Waals surface area contributed by atoms with E-state index < -0.39 is 17.8 Å². The summed E-state index contributed by atoms with van der Waals surface area (Å²) in [7, 11) is 0. The van der Waals surface area contributed by atoms with Gasteiger partial charge in [-0.3, -0.25) is 0 Å². The first-order valence-electron chi connectivity index (χ1n) is 11.4. The first-order valence-corrected chi connectivity index (χ1v) is 11.4. The van der Waals surface area contributed by atoms with Crippen LogP contribution >= 0.6 is 0 Å². The maximum absolute atomic E-state index is 11.9. The summed E-state index contributed by atoms with van der Waals surface area (Å²) in [4.78, 5) is 11.9. The predicted octanol–water partition coefficient (Wildman–Crippen LogP) is 4.41. The Morgan fingerprint density at radius 1 is 1.32 bits per heavy atom. The third kappa shape index (κ3) is 5.76. The molecule has 5 nitrogen and oxygen atoms in total. The Hall–Kier alpha value is -1.69. The van der Waals surface area contributed by atoms with Gasteiger partial charge in [0.1, 0.15) is 12.2 Å². The molecule has 3 aliphatic carbocycles. The van der Waals surface area contributed by atoms with E-state index in [4.69, 9.17) is 9.47 Å². The van der Waals surface area contributed by atoms with Crippen LogP contribution in [0.3, 0.4) is 0 Å². The van der Waals surface area contributed by atoms with Gasteiger partial charge < -0.3 is 19.7 Å². The highest BCUT2D eigenvalue weighted by molar-refractivity contribution is 5.71. The summed E-state index contributed by atoms with van der Waals surface area (Å²) in [6.07, 6.45) is 10.5. The lowest BCUT2D eigenvalue weighted by Gasteiger charge is -2.41. The van der Waals surface area contributed by atoms with Gasteiger partial charge in [0.25, 0.3) is 0 Å². The molecule has 3 aliphatic rings. The largest absolute Gasteiger partial charge is 0.458 e. The molecule has 0 aliphatic heterocycles. The average Bonchev–Trinajstić information content (AvgIpc) is 2.99. The van der Waals surface area contributed by atoms with Crippen LogP contribution in [-0.4, -0.2) is 47.2 Å². The second kappa shape index (κ2) is 9.43. The van der Waals surface area contributed by atoms with Crippen molar-refractivity contribution in [3.63, 3.8) is 0 Å². The number of aliphatic hydroxyl groups excluding tert-OH is 2. The van der Waals surface area contributed by atoms with E-state index in [2.05, 4.69) is 25.7 Å². The lowest BCUT2D eigenvalue weighted by atomic mass is 9.64. The fourth-order valence-corrected chi connectivity index (χ4v) is 5.21. The molecule has 5 heteroatoms. The summed E-state index contributed by atoms with van der Waals surface area (Å²) in [6, 6.07) is 0. The standard InChI is InChI=1S/C26H38O5/c1-17-19(13-21(27)14-23(17)28)9-8-18-7-6-12-26(5)20(10-11-22(18)26)15-30-16-24(29)31-25(2,3)4/h8-10,21-23,27-28H,1,6-7,11-16H2,2-5H3/t21?,22-,23?,26+/m0/s1. The summed E-state index contributed by atoms with van der Waals surface area (Å²) in [5.74, 6) is 0.0886. The number of esters is 1. The van der Waals surface area contributed by atoms with E-state index in [9.17, 15) is 15.0 Å². The molecule has 0 amide bonds. The number of carbonyl (C=O) groups excluding carboxylic acids is 1. The molecule has 2 fully saturated rings. The molecule has 3 rings (SSSR count). The Morgan fingerprint density at radius 3 is 2.77 bits per heavy atom. The first-order chi connectivity index (χ1) is 14.5. The summed E-state index contributed by atoms with van der Waals surface area (Å²) >= 11 is 0. The maximum Gasteiger partial charge on any atom is 0.332 e. The van der Waals surface area contributed by atoms with Gasteiger partial charge in [-0.05, 0) is 80.9 Å². The van der Waals surface area contributed by atoms with E-state index in [-0.39, 0.29) is 18.0 Å². The molecule has 172 valence electrons. The molecule has 2 unspecified atom stereocenters. The quantitative estimate of drug-likeness (QED) is 0.499. The molecule has 0 aromatic carbocycles. The number of hydrogen-bond acceptors (Lipinski definition) is 5. The van der Waals surface area contributed by atoms with Crippen molar-refractivity contribution >= 4 is 5.97 Å². The normalized spacial score (nSPS) is 34.1. The monoisotopic (exact) mass is 430 g/mol. The van der Waals surface area contributed by atoms with Gasteiger partial charge in [0.2, 0.25) is 0 Å². The highest BCUT2D eigenvalue weighted by atomic mass is 16.6. The zero-order chi connectivity index (χ0) is 22.8. The SMILES string of the molecule is C=C1C(=CC=C2CCC[C@]3(C)C(COCC(=O)OC(C)(C)C)=CC[C@@H]23)CC(O)CC1O. The van der Waals surface area contributed by atoms with Crippen molar-refractivity contribution in [3.05, 3.63) is 47.1 Å². The third-order valence-corrected chi connectivity index (χ3v) is 6.87. The minimum absolute atomic E-state index is 0.0308. The fourth-order valence-electron chi connectivity index (χ4n) is 5.21. The number of carbonyl (C=O) groups is 1. The zero-order valence-corrected chi connectivity index (χ0v) is 19.4. The van der Waals surface area contributed by atoms with Crippen LogP contribution in [0.1, 0.15) is 66.2 Å². The van der Waals surface area contributed by atoms with Crippen molar-refractivity contribution < 1.29 is 24.5 Å². The molecule has 31 heavy (non-hydrogen) atoms. The lowest BCUT2D eigenvalue weighted by molar-refractivity contribution is -0.160. The topological polar surface area (TPSA) is 76.0 Å². The lowest BCUT2D eigenvalue weighted by Crippen LogP contribution is -2.32. The number of allylic oxidation sites excluding steroid dienone is 4. The van der Waals surface area contributed by atoms with Crippen LogP contribution < -0.4 is 0 Å². The van der Waals surface area contributed by atoms with Crippen LogP contribution in [0, 0.1) is 11.3 Å². The summed E-state index contributed by atoms with van der Waals surface area (Å²) in [5, 5.41) is 20.1. The van der Waals surface area contributed by atoms with Gasteiger partial charge in [0.15, 0.2) is 0 Å². The predicted molar refractivity (Wildman–Crippen MR) is 121 cm³/mol. The van der Waals surface area contributed by atoms with Crippen LogP contribution in [0.25, 0.3) is 0 Å². The van der Waals surface area contributed by atoms with Crippen molar-refractivity contribution in [2.45, 2.75) is 84.0 Å². The molecule has 2 saturated carbocycles. The number of ether oxygens (including phenoxy) is 2. The van der Waals surface area contributed by atoms with Gasteiger partial charge in [0, 0.05) is 6.42 Å².